The maximum Gasteiger partial charge on any atom is 0.311 e. The van der Waals surface area contributed by atoms with E-state index in [1.54, 1.807) is 0 Å². The fraction of sp³-hybridized carbons (Fsp3) is 1.00. The van der Waals surface area contributed by atoms with Gasteiger partial charge >= 0.3 is 10.5 Å². The highest BCUT2D eigenvalue weighted by molar-refractivity contribution is 7.61. The minimum atomic E-state index is -2.23. The van der Waals surface area contributed by atoms with Crippen LogP contribution in [0.1, 0.15) is 6.42 Å². The summed E-state index contributed by atoms with van der Waals surface area (Å²) in [4.78, 5) is 0. The van der Waals surface area contributed by atoms with Gasteiger partial charge in [-0.05, 0) is 0 Å². The molecule has 0 heterocycles. The third-order valence-electron chi connectivity index (χ3n) is 1.18. The lowest BCUT2D eigenvalue weighted by Gasteiger charge is -2.22. The summed E-state index contributed by atoms with van der Waals surface area (Å²) >= 11 is 0. The first-order valence-electron chi connectivity index (χ1n) is 3.49. The van der Waals surface area contributed by atoms with Crippen LogP contribution >= 0.6 is 0 Å². The Hall–Kier alpha value is -0.420. The van der Waals surface area contributed by atoms with Crippen LogP contribution < -0.4 is 0 Å². The molecule has 0 aliphatic rings. The van der Waals surface area contributed by atoms with E-state index in [1.165, 1.54) is 0 Å². The second-order valence-corrected chi connectivity index (χ2v) is 4.13. The Bertz CT molecular complexity index is 217. The lowest BCUT2D eigenvalue weighted by Crippen LogP contribution is -2.35. The van der Waals surface area contributed by atoms with Gasteiger partial charge in [-0.2, -0.15) is 12.8 Å². The molecule has 4 nitrogen and oxygen atoms in total. The molecule has 0 saturated carbocycles. The highest BCUT2D eigenvalue weighted by atomic mass is 32.2. The quantitative estimate of drug-likeness (QED) is 0.455. The van der Waals surface area contributed by atoms with Crippen LogP contribution in [0.15, 0.2) is 4.36 Å². The fourth-order valence-electron chi connectivity index (χ4n) is 0.684. The molecule has 0 rings (SSSR count). The first-order valence-corrected chi connectivity index (χ1v) is 4.52. The number of nitrogens with zero attached hydrogens (tertiary/aromatic N) is 2. The molecule has 0 aliphatic carbocycles. The zero-order valence-electron chi connectivity index (χ0n) is 7.24. The van der Waals surface area contributed by atoms with Crippen molar-refractivity contribution < 1.29 is 12.9 Å². The largest absolute Gasteiger partial charge is 0.331 e. The van der Waals surface area contributed by atoms with Gasteiger partial charge in [0.1, 0.15) is 0 Å². The number of rotatable bonds is 4. The number of quaternary nitrogens is 1. The average Bonchev–Trinajstić information content (AvgIpc) is 1.78. The average molecular weight is 179 g/mol. The van der Waals surface area contributed by atoms with Gasteiger partial charge in [-0.3, -0.25) is 0 Å². The fourth-order valence-corrected chi connectivity index (χ4v) is 0.962. The van der Waals surface area contributed by atoms with Crippen LogP contribution in [-0.4, -0.2) is 47.1 Å². The SMILES string of the molecule is C[N+](C)(C)CCCN=S(=O)=O. The van der Waals surface area contributed by atoms with E-state index in [4.69, 9.17) is 0 Å². The topological polar surface area (TPSA) is 46.5 Å². The molecule has 0 aromatic heterocycles. The lowest BCUT2D eigenvalue weighted by atomic mass is 10.4. The molecule has 0 bridgehead atoms. The van der Waals surface area contributed by atoms with Crippen LogP contribution in [0.4, 0.5) is 0 Å². The second-order valence-electron chi connectivity index (χ2n) is 3.44. The van der Waals surface area contributed by atoms with E-state index in [9.17, 15) is 8.42 Å². The molecule has 0 aromatic carbocycles. The summed E-state index contributed by atoms with van der Waals surface area (Å²) in [6.45, 7) is 1.35. The summed E-state index contributed by atoms with van der Waals surface area (Å²) in [6.07, 6.45) is 0.817. The maximum absolute atomic E-state index is 9.95. The third kappa shape index (κ3) is 9.58. The van der Waals surface area contributed by atoms with E-state index in [2.05, 4.69) is 25.5 Å². The van der Waals surface area contributed by atoms with Crippen LogP contribution in [0.3, 0.4) is 0 Å². The van der Waals surface area contributed by atoms with Gasteiger partial charge in [-0.15, -0.1) is 0 Å². The van der Waals surface area contributed by atoms with E-state index in [0.29, 0.717) is 6.54 Å². The normalized spacial score (nSPS) is 11.2. The maximum atomic E-state index is 9.95. The van der Waals surface area contributed by atoms with Crippen molar-refractivity contribution in [3.8, 4) is 0 Å². The van der Waals surface area contributed by atoms with Crippen molar-refractivity contribution >= 4 is 10.5 Å². The Morgan fingerprint density at radius 2 is 1.82 bits per heavy atom. The molecule has 0 spiro atoms. The molecule has 0 aliphatic heterocycles. The summed E-state index contributed by atoms with van der Waals surface area (Å²) in [6, 6.07) is 0. The van der Waals surface area contributed by atoms with Crippen molar-refractivity contribution in [2.45, 2.75) is 6.42 Å². The van der Waals surface area contributed by atoms with Crippen molar-refractivity contribution in [1.29, 1.82) is 0 Å². The van der Waals surface area contributed by atoms with Gasteiger partial charge in [0, 0.05) is 6.42 Å². The molecular formula is C6H15N2O2S+. The molecule has 0 atom stereocenters. The summed E-state index contributed by atoms with van der Waals surface area (Å²) in [5, 5.41) is 0. The van der Waals surface area contributed by atoms with E-state index in [1.807, 2.05) is 0 Å². The van der Waals surface area contributed by atoms with Gasteiger partial charge in [0.05, 0.1) is 34.2 Å². The Balaban J connectivity index is 3.52. The van der Waals surface area contributed by atoms with Crippen molar-refractivity contribution in [3.05, 3.63) is 0 Å². The van der Waals surface area contributed by atoms with Crippen LogP contribution in [-0.2, 0) is 10.5 Å². The van der Waals surface area contributed by atoms with Crippen LogP contribution in [0, 0.1) is 0 Å². The van der Waals surface area contributed by atoms with Gasteiger partial charge in [0.15, 0.2) is 0 Å². The second kappa shape index (κ2) is 4.46. The van der Waals surface area contributed by atoms with E-state index in [0.717, 1.165) is 17.4 Å². The predicted molar refractivity (Wildman–Crippen MR) is 43.7 cm³/mol. The monoisotopic (exact) mass is 179 g/mol. The van der Waals surface area contributed by atoms with Crippen molar-refractivity contribution in [2.24, 2.45) is 4.36 Å². The first-order chi connectivity index (χ1) is 4.92. The summed E-state index contributed by atoms with van der Waals surface area (Å²) in [5.41, 5.74) is 0. The number of hydrogen-bond acceptors (Lipinski definition) is 3. The molecule has 5 heteroatoms. The highest BCUT2D eigenvalue weighted by Gasteiger charge is 2.04. The lowest BCUT2D eigenvalue weighted by molar-refractivity contribution is -0.870. The Morgan fingerprint density at radius 1 is 1.27 bits per heavy atom. The predicted octanol–water partition coefficient (Wildman–Crippen LogP) is 0.145. The molecular weight excluding hydrogens is 164 g/mol. The summed E-state index contributed by atoms with van der Waals surface area (Å²) in [7, 11) is 3.97. The van der Waals surface area contributed by atoms with Gasteiger partial charge in [0.25, 0.3) is 0 Å². The van der Waals surface area contributed by atoms with Crippen LogP contribution in [0.5, 0.6) is 0 Å². The summed E-state index contributed by atoms with van der Waals surface area (Å²) in [5.74, 6) is 0. The summed E-state index contributed by atoms with van der Waals surface area (Å²) < 4.78 is 24.1. The molecule has 11 heavy (non-hydrogen) atoms. The Morgan fingerprint density at radius 3 is 2.18 bits per heavy atom. The Kier molecular flexibility index (Phi) is 4.29. The molecule has 0 unspecified atom stereocenters. The smallest absolute Gasteiger partial charge is 0.311 e. The molecule has 66 valence electrons. The van der Waals surface area contributed by atoms with Gasteiger partial charge in [-0.25, -0.2) is 0 Å². The molecule has 0 fully saturated rings. The van der Waals surface area contributed by atoms with E-state index < -0.39 is 10.5 Å². The zero-order valence-corrected chi connectivity index (χ0v) is 8.06. The van der Waals surface area contributed by atoms with Gasteiger partial charge < -0.3 is 4.48 Å². The number of hydrogen-bond donors (Lipinski definition) is 0. The molecule has 0 radical (unpaired) electrons. The standard InChI is InChI=1S/C6H15N2O2S/c1-8(2,3)6-4-5-7-11(9)10/h4-6H2,1-3H3/q+1. The third-order valence-corrected chi connectivity index (χ3v) is 1.58. The molecule has 0 N–H and O–H groups in total. The van der Waals surface area contributed by atoms with E-state index in [-0.39, 0.29) is 0 Å². The van der Waals surface area contributed by atoms with Crippen molar-refractivity contribution in [1.82, 2.24) is 0 Å². The first kappa shape index (κ1) is 10.6. The van der Waals surface area contributed by atoms with Crippen LogP contribution in [0.25, 0.3) is 0 Å². The van der Waals surface area contributed by atoms with Crippen LogP contribution in [0.2, 0.25) is 0 Å². The van der Waals surface area contributed by atoms with E-state index >= 15 is 0 Å². The minimum Gasteiger partial charge on any atom is -0.331 e. The zero-order chi connectivity index (χ0) is 8.91. The minimum absolute atomic E-state index is 0.408. The van der Waals surface area contributed by atoms with Crippen molar-refractivity contribution in [2.75, 3.05) is 34.2 Å². The molecule has 0 aromatic rings. The molecule has 0 saturated heterocycles. The highest BCUT2D eigenvalue weighted by Crippen LogP contribution is 1.92. The van der Waals surface area contributed by atoms with Crippen molar-refractivity contribution in [3.63, 3.8) is 0 Å². The Labute approximate surface area is 69.1 Å². The molecule has 0 amide bonds. The van der Waals surface area contributed by atoms with Gasteiger partial charge in [-0.1, -0.05) is 0 Å². The van der Waals surface area contributed by atoms with Gasteiger partial charge in [0.2, 0.25) is 0 Å².